The van der Waals surface area contributed by atoms with Crippen LogP contribution in [0, 0.1) is 5.82 Å². The summed E-state index contributed by atoms with van der Waals surface area (Å²) in [5.74, 6) is 0.669. The summed E-state index contributed by atoms with van der Waals surface area (Å²) in [5, 5.41) is 12.8. The summed E-state index contributed by atoms with van der Waals surface area (Å²) in [6.07, 6.45) is -0.447. The van der Waals surface area contributed by atoms with Crippen molar-refractivity contribution in [3.05, 3.63) is 58.4 Å². The van der Waals surface area contributed by atoms with Crippen molar-refractivity contribution in [1.82, 2.24) is 5.32 Å². The normalized spacial score (nSPS) is 12.0. The number of para-hydroxylation sites is 1. The van der Waals surface area contributed by atoms with Crippen molar-refractivity contribution < 1.29 is 19.0 Å². The van der Waals surface area contributed by atoms with E-state index in [1.807, 2.05) is 12.1 Å². The smallest absolute Gasteiger partial charge is 0.166 e. The Balaban J connectivity index is 2.18. The summed E-state index contributed by atoms with van der Waals surface area (Å²) in [6.45, 7) is 2.64. The monoisotopic (exact) mass is 353 g/mol. The second-order valence-electron chi connectivity index (χ2n) is 5.42. The molecule has 0 aliphatic rings. The van der Waals surface area contributed by atoms with E-state index in [1.54, 1.807) is 32.2 Å². The number of aliphatic hydroxyl groups is 1. The lowest BCUT2D eigenvalue weighted by molar-refractivity contribution is 0.190. The Morgan fingerprint density at radius 3 is 2.67 bits per heavy atom. The molecule has 2 aromatic carbocycles. The maximum absolute atomic E-state index is 13.9. The van der Waals surface area contributed by atoms with Gasteiger partial charge in [-0.3, -0.25) is 0 Å². The van der Waals surface area contributed by atoms with Crippen LogP contribution < -0.4 is 14.8 Å². The third-order valence-corrected chi connectivity index (χ3v) is 3.81. The summed E-state index contributed by atoms with van der Waals surface area (Å²) in [4.78, 5) is 0. The van der Waals surface area contributed by atoms with Crippen LogP contribution in [0.4, 0.5) is 4.39 Å². The highest BCUT2D eigenvalue weighted by Gasteiger charge is 2.14. The Morgan fingerprint density at radius 2 is 2.00 bits per heavy atom. The Bertz CT molecular complexity index is 659. The van der Waals surface area contributed by atoms with Crippen molar-refractivity contribution >= 4 is 11.6 Å². The molecule has 0 aromatic heterocycles. The SMILES string of the molecule is COc1cccc(CNC[C@H](C)O)c1OCc1c(F)cccc1Cl. The number of halogens is 2. The van der Waals surface area contributed by atoms with Crippen LogP contribution >= 0.6 is 11.6 Å². The van der Waals surface area contributed by atoms with E-state index in [4.69, 9.17) is 21.1 Å². The second-order valence-corrected chi connectivity index (χ2v) is 5.82. The lowest BCUT2D eigenvalue weighted by atomic mass is 10.1. The molecule has 4 nitrogen and oxygen atoms in total. The molecule has 0 heterocycles. The zero-order chi connectivity index (χ0) is 17.5. The largest absolute Gasteiger partial charge is 0.493 e. The molecule has 0 spiro atoms. The first kappa shape index (κ1) is 18.5. The fraction of sp³-hybridized carbons (Fsp3) is 0.333. The van der Waals surface area contributed by atoms with E-state index in [2.05, 4.69) is 5.32 Å². The van der Waals surface area contributed by atoms with Crippen LogP contribution in [0.3, 0.4) is 0 Å². The van der Waals surface area contributed by atoms with Gasteiger partial charge in [-0.25, -0.2) is 4.39 Å². The molecule has 0 saturated carbocycles. The Labute approximate surface area is 146 Å². The minimum Gasteiger partial charge on any atom is -0.493 e. The molecule has 0 radical (unpaired) electrons. The lowest BCUT2D eigenvalue weighted by Crippen LogP contribution is -2.24. The average molecular weight is 354 g/mol. The number of rotatable bonds is 8. The summed E-state index contributed by atoms with van der Waals surface area (Å²) < 4.78 is 25.0. The van der Waals surface area contributed by atoms with Crippen molar-refractivity contribution in [3.63, 3.8) is 0 Å². The van der Waals surface area contributed by atoms with Gasteiger partial charge in [-0.1, -0.05) is 29.8 Å². The second kappa shape index (κ2) is 8.87. The van der Waals surface area contributed by atoms with Gasteiger partial charge in [0.25, 0.3) is 0 Å². The van der Waals surface area contributed by atoms with Gasteiger partial charge in [0, 0.05) is 24.2 Å². The minimum absolute atomic E-state index is 0.00468. The van der Waals surface area contributed by atoms with Gasteiger partial charge in [0.1, 0.15) is 12.4 Å². The molecule has 130 valence electrons. The average Bonchev–Trinajstić information content (AvgIpc) is 2.54. The van der Waals surface area contributed by atoms with E-state index in [9.17, 15) is 9.50 Å². The number of hydrogen-bond acceptors (Lipinski definition) is 4. The van der Waals surface area contributed by atoms with Crippen LogP contribution in [0.15, 0.2) is 36.4 Å². The first-order valence-electron chi connectivity index (χ1n) is 7.63. The number of ether oxygens (including phenoxy) is 2. The third-order valence-electron chi connectivity index (χ3n) is 3.46. The van der Waals surface area contributed by atoms with Crippen molar-refractivity contribution in [3.8, 4) is 11.5 Å². The van der Waals surface area contributed by atoms with Crippen LogP contribution in [0.2, 0.25) is 5.02 Å². The van der Waals surface area contributed by atoms with Gasteiger partial charge >= 0.3 is 0 Å². The summed E-state index contributed by atoms with van der Waals surface area (Å²) in [5.41, 5.74) is 1.15. The molecule has 2 rings (SSSR count). The van der Waals surface area contributed by atoms with Crippen molar-refractivity contribution in [2.75, 3.05) is 13.7 Å². The molecule has 2 N–H and O–H groups in total. The zero-order valence-corrected chi connectivity index (χ0v) is 14.4. The minimum atomic E-state index is -0.447. The van der Waals surface area contributed by atoms with Crippen LogP contribution in [0.5, 0.6) is 11.5 Å². The standard InChI is InChI=1S/C18H21ClFNO3/c1-12(22)9-21-10-13-5-3-8-17(23-2)18(13)24-11-14-15(19)6-4-7-16(14)20/h3-8,12,21-22H,9-11H2,1-2H3/t12-/m0/s1. The maximum atomic E-state index is 13.9. The Kier molecular flexibility index (Phi) is 6.85. The molecule has 0 bridgehead atoms. The van der Waals surface area contributed by atoms with E-state index in [0.29, 0.717) is 35.2 Å². The number of aliphatic hydroxyl groups excluding tert-OH is 1. The van der Waals surface area contributed by atoms with Gasteiger partial charge < -0.3 is 19.9 Å². The molecule has 2 aromatic rings. The van der Waals surface area contributed by atoms with Crippen LogP contribution in [0.25, 0.3) is 0 Å². The quantitative estimate of drug-likeness (QED) is 0.762. The molecular formula is C18H21ClFNO3. The third kappa shape index (κ3) is 4.84. The summed E-state index contributed by atoms with van der Waals surface area (Å²) in [7, 11) is 1.55. The van der Waals surface area contributed by atoms with E-state index < -0.39 is 11.9 Å². The maximum Gasteiger partial charge on any atom is 0.166 e. The number of nitrogens with one attached hydrogen (secondary N) is 1. The molecule has 0 fully saturated rings. The molecule has 0 unspecified atom stereocenters. The molecule has 0 aliphatic carbocycles. The Hall–Kier alpha value is -1.82. The van der Waals surface area contributed by atoms with Crippen molar-refractivity contribution in [2.24, 2.45) is 0 Å². The summed E-state index contributed by atoms with van der Waals surface area (Å²) in [6, 6.07) is 10.0. The van der Waals surface area contributed by atoms with Crippen LogP contribution in [0.1, 0.15) is 18.1 Å². The molecule has 1 atom stereocenters. The van der Waals surface area contributed by atoms with E-state index in [-0.39, 0.29) is 6.61 Å². The number of methoxy groups -OCH3 is 1. The lowest BCUT2D eigenvalue weighted by Gasteiger charge is -2.16. The van der Waals surface area contributed by atoms with Gasteiger partial charge in [0.2, 0.25) is 0 Å². The van der Waals surface area contributed by atoms with Gasteiger partial charge in [-0.2, -0.15) is 0 Å². The predicted molar refractivity (Wildman–Crippen MR) is 92.1 cm³/mol. The van der Waals surface area contributed by atoms with E-state index >= 15 is 0 Å². The van der Waals surface area contributed by atoms with Gasteiger partial charge in [-0.05, 0) is 25.1 Å². The number of benzene rings is 2. The highest BCUT2D eigenvalue weighted by molar-refractivity contribution is 6.31. The topological polar surface area (TPSA) is 50.7 Å². The van der Waals surface area contributed by atoms with Gasteiger partial charge in [0.15, 0.2) is 11.5 Å². The predicted octanol–water partition coefficient (Wildman–Crippen LogP) is 3.54. The zero-order valence-electron chi connectivity index (χ0n) is 13.7. The summed E-state index contributed by atoms with van der Waals surface area (Å²) >= 11 is 6.04. The molecule has 24 heavy (non-hydrogen) atoms. The van der Waals surface area contributed by atoms with Crippen LogP contribution in [-0.2, 0) is 13.2 Å². The first-order chi connectivity index (χ1) is 11.5. The molecule has 6 heteroatoms. The van der Waals surface area contributed by atoms with Gasteiger partial charge in [-0.15, -0.1) is 0 Å². The molecule has 0 amide bonds. The van der Waals surface area contributed by atoms with Gasteiger partial charge in [0.05, 0.1) is 18.2 Å². The van der Waals surface area contributed by atoms with E-state index in [0.717, 1.165) is 5.56 Å². The van der Waals surface area contributed by atoms with Crippen molar-refractivity contribution in [1.29, 1.82) is 0 Å². The highest BCUT2D eigenvalue weighted by atomic mass is 35.5. The fourth-order valence-electron chi connectivity index (χ4n) is 2.26. The Morgan fingerprint density at radius 1 is 1.25 bits per heavy atom. The fourth-order valence-corrected chi connectivity index (χ4v) is 2.47. The highest BCUT2D eigenvalue weighted by Crippen LogP contribution is 2.32. The molecule has 0 saturated heterocycles. The van der Waals surface area contributed by atoms with Crippen LogP contribution in [-0.4, -0.2) is 24.9 Å². The van der Waals surface area contributed by atoms with Crippen molar-refractivity contribution in [2.45, 2.75) is 26.2 Å². The number of hydrogen-bond donors (Lipinski definition) is 2. The molecular weight excluding hydrogens is 333 g/mol. The first-order valence-corrected chi connectivity index (χ1v) is 8.01. The van der Waals surface area contributed by atoms with E-state index in [1.165, 1.54) is 6.07 Å². The molecule has 0 aliphatic heterocycles.